The van der Waals surface area contributed by atoms with Crippen LogP contribution in [0.2, 0.25) is 0 Å². The molecule has 2 atom stereocenters. The van der Waals surface area contributed by atoms with Gasteiger partial charge in [0.05, 0.1) is 31.2 Å². The van der Waals surface area contributed by atoms with Gasteiger partial charge in [-0.25, -0.2) is 0 Å². The van der Waals surface area contributed by atoms with Crippen LogP contribution in [0, 0.1) is 0 Å². The van der Waals surface area contributed by atoms with Gasteiger partial charge < -0.3 is 29.2 Å². The predicted octanol–water partition coefficient (Wildman–Crippen LogP) is 12.5. The van der Waals surface area contributed by atoms with Crippen molar-refractivity contribution in [2.45, 2.75) is 88.0 Å². The topological polar surface area (TPSA) is 114 Å². The van der Waals surface area contributed by atoms with Gasteiger partial charge in [-0.05, 0) is 128 Å². The average molecular weight is 989 g/mol. The lowest BCUT2D eigenvalue weighted by Crippen LogP contribution is -2.52. The molecule has 0 bridgehead atoms. The number of fused-ring (bicyclic) bond motifs is 2. The second kappa shape index (κ2) is 19.3. The van der Waals surface area contributed by atoms with E-state index in [2.05, 4.69) is 0 Å². The molecule has 0 aliphatic carbocycles. The van der Waals surface area contributed by atoms with E-state index < -0.39 is 60.3 Å². The van der Waals surface area contributed by atoms with Crippen molar-refractivity contribution in [1.29, 1.82) is 0 Å². The summed E-state index contributed by atoms with van der Waals surface area (Å²) in [6, 6.07) is 29.3. The fourth-order valence-corrected chi connectivity index (χ4v) is 10.4. The summed E-state index contributed by atoms with van der Waals surface area (Å²) in [5.41, 5.74) is -4.16. The number of benzene rings is 4. The maximum absolute atomic E-state index is 14.4. The first-order valence-corrected chi connectivity index (χ1v) is 23.6. The summed E-state index contributed by atoms with van der Waals surface area (Å²) in [6.45, 7) is 4.92. The van der Waals surface area contributed by atoms with E-state index in [1.165, 1.54) is 69.5 Å². The Morgan fingerprint density at radius 1 is 0.551 bits per heavy atom. The summed E-state index contributed by atoms with van der Waals surface area (Å²) < 4.78 is 94.4. The number of rotatable bonds is 13. The number of ether oxygens (including phenoxy) is 1. The van der Waals surface area contributed by atoms with Gasteiger partial charge in [-0.2, -0.15) is 49.0 Å². The van der Waals surface area contributed by atoms with Crippen molar-refractivity contribution in [2.24, 2.45) is 0 Å². The quantitative estimate of drug-likeness (QED) is 0.0992. The number of aliphatic hydroxyl groups is 2. The number of phenols is 1. The van der Waals surface area contributed by atoms with Crippen LogP contribution in [0.15, 0.2) is 153 Å². The number of pyridine rings is 2. The normalized spacial score (nSPS) is 14.2. The number of thiophene rings is 2. The molecule has 362 valence electrons. The van der Waals surface area contributed by atoms with Crippen LogP contribution in [0.3, 0.4) is 0 Å². The van der Waals surface area contributed by atoms with Crippen LogP contribution in [-0.2, 0) is 23.9 Å². The monoisotopic (exact) mass is 988 g/mol. The number of methoxy groups -OCH3 is 1. The Labute approximate surface area is 402 Å². The Balaban J connectivity index is 0.000000204. The first kappa shape index (κ1) is 50.7. The zero-order valence-electron chi connectivity index (χ0n) is 38.2. The third-order valence-corrected chi connectivity index (χ3v) is 13.9. The molecule has 0 amide bonds. The standard InChI is InChI=1S/C27H26F3NO3S.C26H24F3NO3S/c1-25(2,21-14-18(8-9-24(21)34-3)19-11-13-35-15-19)16-26(33,27(28,29)30)17-31-12-10-23(32)20-6-4-5-7-22(20)31;1-24(2,20-13-17(7-8-23(20)32)18-10-12-34-14-18)15-25(33,26(27,28)29)16-30-11-9-22(31)19-5-3-4-6-21(19)30/h4-15,33H,16-17H2,1-3H3;3-14,32-33H,15-16H2,1-2H3. The minimum atomic E-state index is -4.96. The molecule has 8 nitrogen and oxygen atoms in total. The molecule has 0 aliphatic heterocycles. The molecule has 4 aromatic carbocycles. The van der Waals surface area contributed by atoms with Crippen LogP contribution < -0.4 is 15.6 Å². The Morgan fingerprint density at radius 3 is 1.39 bits per heavy atom. The maximum atomic E-state index is 14.4. The number of aromatic nitrogens is 2. The zero-order chi connectivity index (χ0) is 50.2. The second-order valence-corrected chi connectivity index (χ2v) is 20.1. The molecular formula is C53H50F6N2O6S2. The number of halogens is 6. The van der Waals surface area contributed by atoms with Crippen LogP contribution in [-0.4, -0.2) is 55.1 Å². The minimum absolute atomic E-state index is 0.137. The van der Waals surface area contributed by atoms with Crippen molar-refractivity contribution in [3.05, 3.63) is 175 Å². The smallest absolute Gasteiger partial charge is 0.418 e. The third-order valence-electron chi connectivity index (χ3n) is 12.5. The summed E-state index contributed by atoms with van der Waals surface area (Å²) >= 11 is 3.02. The molecule has 69 heavy (non-hydrogen) atoms. The first-order valence-electron chi connectivity index (χ1n) is 21.7. The van der Waals surface area contributed by atoms with Crippen LogP contribution in [0.1, 0.15) is 51.7 Å². The van der Waals surface area contributed by atoms with E-state index in [0.29, 0.717) is 33.3 Å². The summed E-state index contributed by atoms with van der Waals surface area (Å²) in [5, 5.41) is 41.0. The summed E-state index contributed by atoms with van der Waals surface area (Å²) in [7, 11) is 1.47. The van der Waals surface area contributed by atoms with Gasteiger partial charge in [0.2, 0.25) is 0 Å². The largest absolute Gasteiger partial charge is 0.508 e. The first-order chi connectivity index (χ1) is 32.4. The van der Waals surface area contributed by atoms with E-state index in [4.69, 9.17) is 4.74 Å². The van der Waals surface area contributed by atoms with Gasteiger partial charge in [0.1, 0.15) is 11.5 Å². The van der Waals surface area contributed by atoms with E-state index >= 15 is 0 Å². The average Bonchev–Trinajstić information content (AvgIpc) is 4.04. The number of phenolic OH excluding ortho intramolecular Hbond substituents is 1. The summed E-state index contributed by atoms with van der Waals surface area (Å²) in [6.07, 6.45) is -8.64. The number of aromatic hydroxyl groups is 1. The molecule has 0 radical (unpaired) electrons. The highest BCUT2D eigenvalue weighted by Crippen LogP contribution is 2.47. The molecule has 16 heteroatoms. The van der Waals surface area contributed by atoms with Gasteiger partial charge >= 0.3 is 12.4 Å². The lowest BCUT2D eigenvalue weighted by Gasteiger charge is -2.39. The van der Waals surface area contributed by atoms with Gasteiger partial charge in [0, 0.05) is 46.4 Å². The van der Waals surface area contributed by atoms with Crippen molar-refractivity contribution in [3.8, 4) is 33.8 Å². The van der Waals surface area contributed by atoms with E-state index in [1.807, 2.05) is 45.8 Å². The van der Waals surface area contributed by atoms with Crippen molar-refractivity contribution >= 4 is 44.5 Å². The van der Waals surface area contributed by atoms with Gasteiger partial charge in [-0.15, -0.1) is 0 Å². The van der Waals surface area contributed by atoms with Crippen LogP contribution >= 0.6 is 22.7 Å². The molecule has 0 aliphatic rings. The zero-order valence-corrected chi connectivity index (χ0v) is 39.9. The highest BCUT2D eigenvalue weighted by Gasteiger charge is 2.57. The Kier molecular flexibility index (Phi) is 14.2. The highest BCUT2D eigenvalue weighted by molar-refractivity contribution is 7.08. The van der Waals surface area contributed by atoms with Crippen molar-refractivity contribution < 1.29 is 46.4 Å². The molecule has 0 saturated heterocycles. The van der Waals surface area contributed by atoms with E-state index in [0.717, 1.165) is 22.3 Å². The van der Waals surface area contributed by atoms with E-state index in [1.54, 1.807) is 94.4 Å². The second-order valence-electron chi connectivity index (χ2n) is 18.5. The fourth-order valence-electron chi connectivity index (χ4n) is 9.04. The summed E-state index contributed by atoms with van der Waals surface area (Å²) in [4.78, 5) is 24.3. The van der Waals surface area contributed by atoms with Crippen LogP contribution in [0.5, 0.6) is 11.5 Å². The van der Waals surface area contributed by atoms with Gasteiger partial charge in [0.25, 0.3) is 0 Å². The van der Waals surface area contributed by atoms with E-state index in [-0.39, 0.29) is 22.0 Å². The van der Waals surface area contributed by atoms with E-state index in [9.17, 15) is 51.3 Å². The van der Waals surface area contributed by atoms with Crippen molar-refractivity contribution in [1.82, 2.24) is 9.13 Å². The molecule has 8 aromatic rings. The molecule has 4 aromatic heterocycles. The number of alkyl halides is 6. The molecule has 0 spiro atoms. The van der Waals surface area contributed by atoms with Crippen LogP contribution in [0.4, 0.5) is 26.3 Å². The summed E-state index contributed by atoms with van der Waals surface area (Å²) in [5.74, 6) is 0.314. The van der Waals surface area contributed by atoms with Gasteiger partial charge in [-0.1, -0.05) is 64.1 Å². The van der Waals surface area contributed by atoms with Crippen LogP contribution in [0.25, 0.3) is 44.1 Å². The molecule has 0 saturated carbocycles. The van der Waals surface area contributed by atoms with Gasteiger partial charge in [0.15, 0.2) is 22.1 Å². The SMILES string of the molecule is CC(C)(CC(O)(Cn1ccc(=O)c2ccccc21)C(F)(F)F)c1cc(-c2ccsc2)ccc1O.COc1ccc(-c2ccsc2)cc1C(C)(C)CC(O)(Cn1ccc(=O)c2ccccc21)C(F)(F)F. The lowest BCUT2D eigenvalue weighted by atomic mass is 9.73. The highest BCUT2D eigenvalue weighted by atomic mass is 32.1. The molecule has 2 unspecified atom stereocenters. The molecule has 8 rings (SSSR count). The Morgan fingerprint density at radius 2 is 0.971 bits per heavy atom. The number of para-hydroxylation sites is 2. The molecular weight excluding hydrogens is 939 g/mol. The minimum Gasteiger partial charge on any atom is -0.508 e. The van der Waals surface area contributed by atoms with Crippen molar-refractivity contribution in [3.63, 3.8) is 0 Å². The fraction of sp³-hybridized carbons (Fsp3) is 0.283. The van der Waals surface area contributed by atoms with Gasteiger partial charge in [-0.3, -0.25) is 9.59 Å². The maximum Gasteiger partial charge on any atom is 0.418 e. The third kappa shape index (κ3) is 10.7. The molecule has 3 N–H and O–H groups in total. The Hall–Kier alpha value is -6.20. The van der Waals surface area contributed by atoms with Crippen molar-refractivity contribution in [2.75, 3.05) is 7.11 Å². The Bertz CT molecular complexity index is 3200. The lowest BCUT2D eigenvalue weighted by molar-refractivity contribution is -0.271. The number of hydrogen-bond donors (Lipinski definition) is 3. The molecule has 4 heterocycles. The number of hydrogen-bond acceptors (Lipinski definition) is 8. The molecule has 0 fully saturated rings. The predicted molar refractivity (Wildman–Crippen MR) is 261 cm³/mol. The number of nitrogens with zero attached hydrogens (tertiary/aromatic N) is 2.